The van der Waals surface area contributed by atoms with Crippen molar-refractivity contribution in [1.82, 2.24) is 0 Å². The van der Waals surface area contributed by atoms with Gasteiger partial charge in [0.05, 0.1) is 5.56 Å². The molecule has 37 heavy (non-hydrogen) atoms. The Morgan fingerprint density at radius 3 is 1.86 bits per heavy atom. The van der Waals surface area contributed by atoms with Crippen molar-refractivity contribution in [3.8, 4) is 57.9 Å². The minimum Gasteiger partial charge on any atom is -0.478 e. The van der Waals surface area contributed by atoms with Crippen LogP contribution in [0.25, 0.3) is 22.3 Å². The van der Waals surface area contributed by atoms with Gasteiger partial charge in [-0.15, -0.1) is 12.0 Å². The summed E-state index contributed by atoms with van der Waals surface area (Å²) in [7, 11) is -1.49. The Morgan fingerprint density at radius 1 is 0.811 bits per heavy atom. The molecule has 3 aromatic carbocycles. The molecule has 2 nitrogen and oxygen atoms in total. The van der Waals surface area contributed by atoms with Crippen LogP contribution in [0.2, 0.25) is 19.6 Å². The van der Waals surface area contributed by atoms with Crippen LogP contribution in [-0.4, -0.2) is 19.1 Å². The first kappa shape index (κ1) is 27.6. The molecule has 3 heteroatoms. The maximum Gasteiger partial charge on any atom is 0.336 e. The van der Waals surface area contributed by atoms with E-state index >= 15 is 0 Å². The van der Waals surface area contributed by atoms with E-state index in [0.29, 0.717) is 11.1 Å². The van der Waals surface area contributed by atoms with Crippen molar-refractivity contribution in [3.63, 3.8) is 0 Å². The van der Waals surface area contributed by atoms with E-state index in [9.17, 15) is 9.90 Å². The number of benzene rings is 3. The molecule has 186 valence electrons. The van der Waals surface area contributed by atoms with Crippen LogP contribution < -0.4 is 0 Å². The average molecular weight is 503 g/mol. The van der Waals surface area contributed by atoms with Crippen molar-refractivity contribution in [2.45, 2.75) is 58.7 Å². The van der Waals surface area contributed by atoms with Crippen LogP contribution in [0, 0.1) is 35.6 Å². The van der Waals surface area contributed by atoms with E-state index in [-0.39, 0.29) is 5.56 Å². The van der Waals surface area contributed by atoms with Gasteiger partial charge in [0.25, 0.3) is 0 Å². The fourth-order valence-corrected chi connectivity index (χ4v) is 4.46. The van der Waals surface area contributed by atoms with Crippen molar-refractivity contribution < 1.29 is 9.90 Å². The molecule has 0 aliphatic heterocycles. The summed E-state index contributed by atoms with van der Waals surface area (Å²) in [5, 5.41) is 10.3. The molecule has 0 aliphatic rings. The second-order valence-corrected chi connectivity index (χ2v) is 14.9. The molecule has 0 heterocycles. The predicted molar refractivity (Wildman–Crippen MR) is 158 cm³/mol. The van der Waals surface area contributed by atoms with Crippen molar-refractivity contribution in [3.05, 3.63) is 82.9 Å². The fraction of sp³-hybridized carbons (Fsp3) is 0.265. The number of unbranched alkanes of at least 4 members (excludes halogenated alkanes) is 4. The lowest BCUT2D eigenvalue weighted by Gasteiger charge is -2.14. The van der Waals surface area contributed by atoms with Crippen molar-refractivity contribution in [1.29, 1.82) is 0 Å². The highest BCUT2D eigenvalue weighted by atomic mass is 28.3. The molecular weight excluding hydrogens is 468 g/mol. The fourth-order valence-electron chi connectivity index (χ4n) is 3.94. The molecule has 0 atom stereocenters. The first-order valence-electron chi connectivity index (χ1n) is 12.8. The van der Waals surface area contributed by atoms with Crippen molar-refractivity contribution >= 4 is 14.0 Å². The molecule has 0 aliphatic carbocycles. The van der Waals surface area contributed by atoms with Gasteiger partial charge in [-0.3, -0.25) is 0 Å². The van der Waals surface area contributed by atoms with Gasteiger partial charge in [-0.05, 0) is 65.1 Å². The summed E-state index contributed by atoms with van der Waals surface area (Å²) in [6.45, 7) is 8.82. The SMILES string of the molecule is C#Cc1ccc(-c2cc(C#CCCCCCC)cc(-c3ccc(C#C[Si](C)(C)C)cc3)c2C(=O)O)cc1. The zero-order valence-electron chi connectivity index (χ0n) is 22.2. The van der Waals surface area contributed by atoms with Gasteiger partial charge < -0.3 is 5.11 Å². The Morgan fingerprint density at radius 2 is 1.38 bits per heavy atom. The third-order valence-electron chi connectivity index (χ3n) is 5.88. The molecule has 0 saturated carbocycles. The number of carboxylic acids is 1. The number of terminal acetylenes is 1. The summed E-state index contributed by atoms with van der Waals surface area (Å²) in [5.74, 6) is 11.5. The van der Waals surface area contributed by atoms with E-state index in [1.54, 1.807) is 0 Å². The van der Waals surface area contributed by atoms with E-state index in [1.807, 2.05) is 60.7 Å². The standard InChI is InChI=1S/C34H34O2Si/c1-6-8-9-10-11-12-13-28-24-31(29-18-14-26(7-2)15-19-29)33(34(35)36)32(25-28)30-20-16-27(17-21-30)22-23-37(3,4)5/h2,14-21,24-25H,6,8-11H2,1,3-5H3,(H,35,36). The number of hydrogen-bond acceptors (Lipinski definition) is 1. The van der Waals surface area contributed by atoms with Crippen LogP contribution in [-0.2, 0) is 0 Å². The molecule has 0 unspecified atom stereocenters. The van der Waals surface area contributed by atoms with Crippen molar-refractivity contribution in [2.75, 3.05) is 0 Å². The molecule has 0 bridgehead atoms. The number of aromatic carboxylic acids is 1. The minimum atomic E-state index is -1.49. The van der Waals surface area contributed by atoms with E-state index in [4.69, 9.17) is 6.42 Å². The van der Waals surface area contributed by atoms with Gasteiger partial charge in [0, 0.05) is 23.1 Å². The largest absolute Gasteiger partial charge is 0.478 e. The lowest BCUT2D eigenvalue weighted by molar-refractivity contribution is 0.0698. The summed E-state index contributed by atoms with van der Waals surface area (Å²) in [6.07, 6.45) is 11.0. The molecule has 0 saturated heterocycles. The summed E-state index contributed by atoms with van der Waals surface area (Å²) in [6, 6.07) is 19.0. The highest BCUT2D eigenvalue weighted by molar-refractivity contribution is 6.83. The van der Waals surface area contributed by atoms with Gasteiger partial charge in [0.1, 0.15) is 8.07 Å². The highest BCUT2D eigenvalue weighted by Crippen LogP contribution is 2.34. The summed E-state index contributed by atoms with van der Waals surface area (Å²) in [4.78, 5) is 12.6. The molecule has 0 spiro atoms. The Bertz CT molecular complexity index is 1410. The van der Waals surface area contributed by atoms with Gasteiger partial charge in [-0.2, -0.15) is 0 Å². The minimum absolute atomic E-state index is 0.253. The molecule has 0 amide bonds. The normalized spacial score (nSPS) is 10.5. The van der Waals surface area contributed by atoms with Crippen LogP contribution in [0.4, 0.5) is 0 Å². The van der Waals surface area contributed by atoms with Crippen LogP contribution in [0.5, 0.6) is 0 Å². The van der Waals surface area contributed by atoms with E-state index in [0.717, 1.165) is 40.7 Å². The average Bonchev–Trinajstić information content (AvgIpc) is 2.88. The highest BCUT2D eigenvalue weighted by Gasteiger charge is 2.19. The number of carboxylic acid groups (broad SMARTS) is 1. The second kappa shape index (κ2) is 12.8. The Kier molecular flexibility index (Phi) is 9.57. The summed E-state index contributed by atoms with van der Waals surface area (Å²) in [5.41, 5.74) is 9.00. The second-order valence-electron chi connectivity index (χ2n) is 10.2. The maximum atomic E-state index is 12.6. The van der Waals surface area contributed by atoms with Crippen LogP contribution in [0.3, 0.4) is 0 Å². The number of rotatable bonds is 7. The van der Waals surface area contributed by atoms with Crippen LogP contribution in [0.15, 0.2) is 60.7 Å². The Balaban J connectivity index is 2.12. The van der Waals surface area contributed by atoms with Gasteiger partial charge in [0.15, 0.2) is 0 Å². The zero-order chi connectivity index (χ0) is 26.8. The van der Waals surface area contributed by atoms with E-state index in [1.165, 1.54) is 19.3 Å². The van der Waals surface area contributed by atoms with Crippen LogP contribution in [0.1, 0.15) is 66.1 Å². The van der Waals surface area contributed by atoms with Gasteiger partial charge in [-0.1, -0.05) is 93.8 Å². The number of carbonyl (C=O) groups is 1. The molecule has 1 N–H and O–H groups in total. The Hall–Kier alpha value is -3.97. The molecule has 3 aromatic rings. The zero-order valence-corrected chi connectivity index (χ0v) is 23.2. The topological polar surface area (TPSA) is 37.3 Å². The molecule has 0 fully saturated rings. The monoisotopic (exact) mass is 502 g/mol. The molecule has 3 rings (SSSR count). The first-order chi connectivity index (χ1) is 17.7. The van der Waals surface area contributed by atoms with E-state index in [2.05, 4.69) is 55.8 Å². The Labute approximate surface area is 223 Å². The third kappa shape index (κ3) is 8.01. The van der Waals surface area contributed by atoms with Crippen LogP contribution >= 0.6 is 0 Å². The van der Waals surface area contributed by atoms with E-state index < -0.39 is 14.0 Å². The van der Waals surface area contributed by atoms with Gasteiger partial charge in [-0.25, -0.2) is 4.79 Å². The smallest absolute Gasteiger partial charge is 0.336 e. The molecule has 0 radical (unpaired) electrons. The first-order valence-corrected chi connectivity index (χ1v) is 16.3. The lowest BCUT2D eigenvalue weighted by atomic mass is 9.89. The van der Waals surface area contributed by atoms with Gasteiger partial charge >= 0.3 is 5.97 Å². The maximum absolute atomic E-state index is 12.6. The molecular formula is C34H34O2Si. The summed E-state index contributed by atoms with van der Waals surface area (Å²) < 4.78 is 0. The molecule has 0 aromatic heterocycles. The third-order valence-corrected chi connectivity index (χ3v) is 6.76. The number of hydrogen-bond donors (Lipinski definition) is 1. The van der Waals surface area contributed by atoms with Gasteiger partial charge in [0.2, 0.25) is 0 Å². The van der Waals surface area contributed by atoms with Crippen molar-refractivity contribution in [2.24, 2.45) is 0 Å². The summed E-state index contributed by atoms with van der Waals surface area (Å²) >= 11 is 0. The predicted octanol–water partition coefficient (Wildman–Crippen LogP) is 8.25. The quantitative estimate of drug-likeness (QED) is 0.201. The lowest BCUT2D eigenvalue weighted by Crippen LogP contribution is -2.16.